The molecule has 0 saturated heterocycles. The van der Waals surface area contributed by atoms with Crippen LogP contribution in [0.2, 0.25) is 5.15 Å². The van der Waals surface area contributed by atoms with Crippen LogP contribution in [0.1, 0.15) is 10.5 Å². The third-order valence-corrected chi connectivity index (χ3v) is 2.33. The van der Waals surface area contributed by atoms with Gasteiger partial charge in [-0.2, -0.15) is 0 Å². The molecule has 0 bridgehead atoms. The summed E-state index contributed by atoms with van der Waals surface area (Å²) >= 11 is 5.81. The molecule has 17 heavy (non-hydrogen) atoms. The predicted molar refractivity (Wildman–Crippen MR) is 65.8 cm³/mol. The molecule has 3 N–H and O–H groups in total. The molecule has 0 radical (unpaired) electrons. The zero-order valence-electron chi connectivity index (χ0n) is 8.72. The molecule has 0 spiro atoms. The Morgan fingerprint density at radius 1 is 1.29 bits per heavy atom. The van der Waals surface area contributed by atoms with Crippen molar-refractivity contribution in [3.05, 3.63) is 47.5 Å². The molecule has 0 unspecified atom stereocenters. The third kappa shape index (κ3) is 2.70. The zero-order chi connectivity index (χ0) is 12.3. The molecule has 0 aliphatic rings. The van der Waals surface area contributed by atoms with Crippen LogP contribution in [0.5, 0.6) is 0 Å². The quantitative estimate of drug-likeness (QED) is 0.796. The van der Waals surface area contributed by atoms with Gasteiger partial charge in [-0.05, 0) is 24.3 Å². The highest BCUT2D eigenvalue weighted by molar-refractivity contribution is 6.32. The van der Waals surface area contributed by atoms with Crippen molar-refractivity contribution in [1.82, 2.24) is 9.97 Å². The molecule has 2 aromatic heterocycles. The summed E-state index contributed by atoms with van der Waals surface area (Å²) in [5.41, 5.74) is 6.68. The van der Waals surface area contributed by atoms with Gasteiger partial charge < -0.3 is 11.1 Å². The summed E-state index contributed by atoms with van der Waals surface area (Å²) in [4.78, 5) is 19.5. The lowest BCUT2D eigenvalue weighted by Crippen LogP contribution is -2.14. The summed E-state index contributed by atoms with van der Waals surface area (Å²) in [6, 6.07) is 6.48. The van der Waals surface area contributed by atoms with Crippen LogP contribution in [-0.4, -0.2) is 15.9 Å². The number of carbonyl (C=O) groups excluding carboxylic acids is 1. The highest BCUT2D eigenvalue weighted by Crippen LogP contribution is 2.18. The van der Waals surface area contributed by atoms with Crippen molar-refractivity contribution in [2.24, 2.45) is 0 Å². The fourth-order valence-electron chi connectivity index (χ4n) is 1.21. The number of hydrogen-bond acceptors (Lipinski definition) is 4. The van der Waals surface area contributed by atoms with Gasteiger partial charge in [0.2, 0.25) is 0 Å². The summed E-state index contributed by atoms with van der Waals surface area (Å²) in [7, 11) is 0. The standard InChI is InChI=1S/C11H9ClN4O/c12-10-8(2-1-5-14-10)16-11(17)9-4-3-7(13)6-15-9/h1-6H,13H2,(H,16,17). The topological polar surface area (TPSA) is 80.9 Å². The van der Waals surface area contributed by atoms with Gasteiger partial charge in [0.1, 0.15) is 5.69 Å². The van der Waals surface area contributed by atoms with Crippen molar-refractivity contribution in [2.45, 2.75) is 0 Å². The lowest BCUT2D eigenvalue weighted by molar-refractivity contribution is 0.102. The number of hydrogen-bond donors (Lipinski definition) is 2. The van der Waals surface area contributed by atoms with E-state index in [2.05, 4.69) is 15.3 Å². The molecule has 0 aliphatic heterocycles. The Bertz CT molecular complexity index is 541. The molecule has 0 aromatic carbocycles. The number of aromatic nitrogens is 2. The first-order valence-electron chi connectivity index (χ1n) is 4.80. The Morgan fingerprint density at radius 3 is 2.76 bits per heavy atom. The second kappa shape index (κ2) is 4.80. The molecular weight excluding hydrogens is 240 g/mol. The van der Waals surface area contributed by atoms with Crippen molar-refractivity contribution in [3.63, 3.8) is 0 Å². The van der Waals surface area contributed by atoms with Crippen LogP contribution in [-0.2, 0) is 0 Å². The van der Waals surface area contributed by atoms with Crippen LogP contribution >= 0.6 is 11.6 Å². The summed E-state index contributed by atoms with van der Waals surface area (Å²) in [5.74, 6) is -0.361. The van der Waals surface area contributed by atoms with Crippen molar-refractivity contribution >= 4 is 28.9 Å². The zero-order valence-corrected chi connectivity index (χ0v) is 9.48. The normalized spacial score (nSPS) is 9.94. The molecule has 1 amide bonds. The minimum Gasteiger partial charge on any atom is -0.397 e. The van der Waals surface area contributed by atoms with Crippen molar-refractivity contribution in [1.29, 1.82) is 0 Å². The van der Waals surface area contributed by atoms with Gasteiger partial charge in [-0.15, -0.1) is 0 Å². The number of pyridine rings is 2. The third-order valence-electron chi connectivity index (χ3n) is 2.03. The predicted octanol–water partition coefficient (Wildman–Crippen LogP) is 1.96. The molecule has 5 nitrogen and oxygen atoms in total. The molecule has 2 aromatic rings. The van der Waals surface area contributed by atoms with Gasteiger partial charge in [0.15, 0.2) is 5.15 Å². The van der Waals surface area contributed by atoms with E-state index in [1.54, 1.807) is 24.4 Å². The summed E-state index contributed by atoms with van der Waals surface area (Å²) in [5, 5.41) is 2.84. The molecule has 2 rings (SSSR count). The Balaban J connectivity index is 2.17. The van der Waals surface area contributed by atoms with Gasteiger partial charge in [-0.3, -0.25) is 4.79 Å². The fourth-order valence-corrected chi connectivity index (χ4v) is 1.37. The number of nitrogens with zero attached hydrogens (tertiary/aromatic N) is 2. The second-order valence-corrected chi connectivity index (χ2v) is 3.63. The first kappa shape index (κ1) is 11.3. The number of amides is 1. The van der Waals surface area contributed by atoms with E-state index in [0.29, 0.717) is 11.4 Å². The van der Waals surface area contributed by atoms with Gasteiger partial charge in [0.25, 0.3) is 5.91 Å². The van der Waals surface area contributed by atoms with Crippen molar-refractivity contribution in [3.8, 4) is 0 Å². The Kier molecular flexibility index (Phi) is 3.20. The minimum absolute atomic E-state index is 0.233. The van der Waals surface area contributed by atoms with E-state index in [0.717, 1.165) is 0 Å². The van der Waals surface area contributed by atoms with Crippen LogP contribution in [0.25, 0.3) is 0 Å². The maximum Gasteiger partial charge on any atom is 0.274 e. The average molecular weight is 249 g/mol. The Hall–Kier alpha value is -2.14. The fraction of sp³-hybridized carbons (Fsp3) is 0. The van der Waals surface area contributed by atoms with Crippen LogP contribution in [0.4, 0.5) is 11.4 Å². The molecule has 0 aliphatic carbocycles. The summed E-state index contributed by atoms with van der Waals surface area (Å²) in [6.45, 7) is 0. The van der Waals surface area contributed by atoms with E-state index in [1.165, 1.54) is 12.3 Å². The number of halogens is 1. The van der Waals surface area contributed by atoms with E-state index in [4.69, 9.17) is 17.3 Å². The monoisotopic (exact) mass is 248 g/mol. The maximum absolute atomic E-state index is 11.8. The maximum atomic E-state index is 11.8. The van der Waals surface area contributed by atoms with E-state index >= 15 is 0 Å². The molecule has 0 fully saturated rings. The highest BCUT2D eigenvalue weighted by Gasteiger charge is 2.09. The Labute approximate surface area is 103 Å². The van der Waals surface area contributed by atoms with Crippen LogP contribution in [0.15, 0.2) is 36.7 Å². The van der Waals surface area contributed by atoms with Crippen molar-refractivity contribution < 1.29 is 4.79 Å². The number of nitrogens with one attached hydrogen (secondary N) is 1. The number of anilines is 2. The van der Waals surface area contributed by atoms with Gasteiger partial charge in [0.05, 0.1) is 17.6 Å². The SMILES string of the molecule is Nc1ccc(C(=O)Nc2cccnc2Cl)nc1. The number of carbonyl (C=O) groups is 1. The van der Waals surface area contributed by atoms with Gasteiger partial charge in [0, 0.05) is 6.20 Å². The van der Waals surface area contributed by atoms with E-state index in [-0.39, 0.29) is 16.8 Å². The van der Waals surface area contributed by atoms with E-state index in [1.807, 2.05) is 0 Å². The first-order chi connectivity index (χ1) is 8.16. The van der Waals surface area contributed by atoms with Gasteiger partial charge >= 0.3 is 0 Å². The smallest absolute Gasteiger partial charge is 0.274 e. The first-order valence-corrected chi connectivity index (χ1v) is 5.18. The lowest BCUT2D eigenvalue weighted by atomic mass is 10.3. The number of rotatable bonds is 2. The van der Waals surface area contributed by atoms with E-state index in [9.17, 15) is 4.79 Å². The van der Waals surface area contributed by atoms with Gasteiger partial charge in [-0.25, -0.2) is 9.97 Å². The summed E-state index contributed by atoms with van der Waals surface area (Å²) < 4.78 is 0. The van der Waals surface area contributed by atoms with Crippen LogP contribution in [0.3, 0.4) is 0 Å². The van der Waals surface area contributed by atoms with Gasteiger partial charge in [-0.1, -0.05) is 11.6 Å². The summed E-state index contributed by atoms with van der Waals surface area (Å²) in [6.07, 6.45) is 2.96. The largest absolute Gasteiger partial charge is 0.397 e. The lowest BCUT2D eigenvalue weighted by Gasteiger charge is -2.05. The molecule has 0 saturated carbocycles. The Morgan fingerprint density at radius 2 is 2.12 bits per heavy atom. The number of nitrogen functional groups attached to an aromatic ring is 1. The molecule has 2 heterocycles. The number of nitrogens with two attached hydrogens (primary N) is 1. The van der Waals surface area contributed by atoms with E-state index < -0.39 is 0 Å². The molecule has 6 heteroatoms. The minimum atomic E-state index is -0.361. The average Bonchev–Trinajstić information content (AvgIpc) is 2.33. The highest BCUT2D eigenvalue weighted by atomic mass is 35.5. The molecule has 0 atom stereocenters. The van der Waals surface area contributed by atoms with Crippen LogP contribution < -0.4 is 11.1 Å². The van der Waals surface area contributed by atoms with Crippen LogP contribution in [0, 0.1) is 0 Å². The molecule has 86 valence electrons. The molecular formula is C11H9ClN4O. The second-order valence-electron chi connectivity index (χ2n) is 3.27. The van der Waals surface area contributed by atoms with Crippen molar-refractivity contribution in [2.75, 3.05) is 11.1 Å².